The molecule has 0 aliphatic carbocycles. The molecule has 0 saturated carbocycles. The van der Waals surface area contributed by atoms with Gasteiger partial charge in [0, 0.05) is 0 Å². The Balaban J connectivity index is 2.60. The average molecular weight is 235 g/mol. The zero-order valence-corrected chi connectivity index (χ0v) is 9.05. The first kappa shape index (κ1) is 12.7. The van der Waals surface area contributed by atoms with E-state index in [0.717, 1.165) is 5.56 Å². The summed E-state index contributed by atoms with van der Waals surface area (Å²) in [6.45, 7) is 0. The maximum atomic E-state index is 11.5. The summed E-state index contributed by atoms with van der Waals surface area (Å²) in [4.78, 5) is 33.2. The van der Waals surface area contributed by atoms with Crippen LogP contribution in [0.2, 0.25) is 0 Å². The Morgan fingerprint density at radius 1 is 1.06 bits per heavy atom. The van der Waals surface area contributed by atoms with Crippen molar-refractivity contribution < 1.29 is 14.4 Å². The van der Waals surface area contributed by atoms with E-state index >= 15 is 0 Å². The standard InChI is InChI=1S/C11H13N3O3/c12-10(16)9(11(13)17)14-8(15)6-7-4-2-1-3-5-7/h1-5,9H,6H2,(H2,12,16)(H2,13,17)(H,14,15). The molecule has 3 amide bonds. The topological polar surface area (TPSA) is 115 Å². The van der Waals surface area contributed by atoms with Gasteiger partial charge in [-0.25, -0.2) is 0 Å². The third-order valence-electron chi connectivity index (χ3n) is 2.08. The van der Waals surface area contributed by atoms with E-state index < -0.39 is 23.8 Å². The number of hydrogen-bond donors (Lipinski definition) is 3. The van der Waals surface area contributed by atoms with Crippen molar-refractivity contribution in [3.05, 3.63) is 35.9 Å². The van der Waals surface area contributed by atoms with Crippen LogP contribution in [0.1, 0.15) is 5.56 Å². The SMILES string of the molecule is NC(=O)C(NC(=O)Cc1ccccc1)C(N)=O. The predicted molar refractivity (Wildman–Crippen MR) is 60.5 cm³/mol. The lowest BCUT2D eigenvalue weighted by Gasteiger charge is -2.11. The lowest BCUT2D eigenvalue weighted by molar-refractivity contribution is -0.133. The van der Waals surface area contributed by atoms with Crippen LogP contribution in [-0.2, 0) is 20.8 Å². The van der Waals surface area contributed by atoms with E-state index in [1.807, 2.05) is 6.07 Å². The second kappa shape index (κ2) is 5.64. The normalized spacial score (nSPS) is 9.94. The zero-order chi connectivity index (χ0) is 12.8. The fraction of sp³-hybridized carbons (Fsp3) is 0.182. The first-order chi connectivity index (χ1) is 8.00. The molecule has 5 N–H and O–H groups in total. The maximum Gasteiger partial charge on any atom is 0.249 e. The van der Waals surface area contributed by atoms with Crippen LogP contribution in [-0.4, -0.2) is 23.8 Å². The zero-order valence-electron chi connectivity index (χ0n) is 9.05. The van der Waals surface area contributed by atoms with Crippen LogP contribution in [0.4, 0.5) is 0 Å². The van der Waals surface area contributed by atoms with E-state index in [4.69, 9.17) is 11.5 Å². The molecule has 0 unspecified atom stereocenters. The van der Waals surface area contributed by atoms with Crippen molar-refractivity contribution in [3.8, 4) is 0 Å². The molecule has 1 rings (SSSR count). The summed E-state index contributed by atoms with van der Waals surface area (Å²) in [5, 5.41) is 2.18. The first-order valence-electron chi connectivity index (χ1n) is 4.92. The molecule has 90 valence electrons. The van der Waals surface area contributed by atoms with Crippen molar-refractivity contribution in [1.29, 1.82) is 0 Å². The van der Waals surface area contributed by atoms with Gasteiger partial charge >= 0.3 is 0 Å². The molecule has 1 aromatic rings. The molecule has 0 radical (unpaired) electrons. The van der Waals surface area contributed by atoms with Gasteiger partial charge in [0.15, 0.2) is 6.04 Å². The number of benzene rings is 1. The Morgan fingerprint density at radius 2 is 1.59 bits per heavy atom. The first-order valence-corrected chi connectivity index (χ1v) is 4.92. The molecule has 6 heteroatoms. The number of nitrogens with two attached hydrogens (primary N) is 2. The molecular weight excluding hydrogens is 222 g/mol. The average Bonchev–Trinajstić information content (AvgIpc) is 2.26. The van der Waals surface area contributed by atoms with Crippen LogP contribution in [0.15, 0.2) is 30.3 Å². The summed E-state index contributed by atoms with van der Waals surface area (Å²) in [5.41, 5.74) is 10.6. The molecule has 0 fully saturated rings. The van der Waals surface area contributed by atoms with Gasteiger partial charge in [-0.2, -0.15) is 0 Å². The largest absolute Gasteiger partial charge is 0.367 e. The summed E-state index contributed by atoms with van der Waals surface area (Å²) in [5.74, 6) is -2.43. The monoisotopic (exact) mass is 235 g/mol. The highest BCUT2D eigenvalue weighted by atomic mass is 16.2. The van der Waals surface area contributed by atoms with Gasteiger partial charge in [0.05, 0.1) is 6.42 Å². The molecule has 1 aromatic carbocycles. The minimum atomic E-state index is -1.47. The smallest absolute Gasteiger partial charge is 0.249 e. The van der Waals surface area contributed by atoms with Gasteiger partial charge in [-0.1, -0.05) is 30.3 Å². The van der Waals surface area contributed by atoms with Crippen LogP contribution in [0, 0.1) is 0 Å². The molecule has 0 aliphatic heterocycles. The van der Waals surface area contributed by atoms with Gasteiger partial charge in [0.25, 0.3) is 0 Å². The number of rotatable bonds is 5. The van der Waals surface area contributed by atoms with Crippen molar-refractivity contribution in [2.45, 2.75) is 12.5 Å². The molecular formula is C11H13N3O3. The minimum absolute atomic E-state index is 0.0535. The molecule has 6 nitrogen and oxygen atoms in total. The molecule has 0 saturated heterocycles. The van der Waals surface area contributed by atoms with Gasteiger partial charge in [-0.05, 0) is 5.56 Å². The molecule has 0 heterocycles. The van der Waals surface area contributed by atoms with E-state index in [2.05, 4.69) is 5.32 Å². The number of carbonyl (C=O) groups excluding carboxylic acids is 3. The van der Waals surface area contributed by atoms with Crippen LogP contribution < -0.4 is 16.8 Å². The van der Waals surface area contributed by atoms with Crippen molar-refractivity contribution in [2.24, 2.45) is 11.5 Å². The summed E-state index contributed by atoms with van der Waals surface area (Å²) in [7, 11) is 0. The molecule has 17 heavy (non-hydrogen) atoms. The molecule has 0 bridgehead atoms. The highest BCUT2D eigenvalue weighted by Gasteiger charge is 2.23. The van der Waals surface area contributed by atoms with Gasteiger partial charge in [-0.3, -0.25) is 14.4 Å². The molecule has 0 spiro atoms. The van der Waals surface area contributed by atoms with Crippen molar-refractivity contribution in [3.63, 3.8) is 0 Å². The van der Waals surface area contributed by atoms with Crippen LogP contribution in [0.3, 0.4) is 0 Å². The van der Waals surface area contributed by atoms with E-state index in [-0.39, 0.29) is 6.42 Å². The minimum Gasteiger partial charge on any atom is -0.367 e. The fourth-order valence-electron chi connectivity index (χ4n) is 1.28. The fourth-order valence-corrected chi connectivity index (χ4v) is 1.28. The van der Waals surface area contributed by atoms with E-state index in [9.17, 15) is 14.4 Å². The second-order valence-electron chi connectivity index (χ2n) is 3.47. The van der Waals surface area contributed by atoms with E-state index in [1.54, 1.807) is 24.3 Å². The molecule has 0 atom stereocenters. The van der Waals surface area contributed by atoms with Gasteiger partial charge in [0.1, 0.15) is 0 Å². The lowest BCUT2D eigenvalue weighted by Crippen LogP contribution is -2.52. The summed E-state index contributed by atoms with van der Waals surface area (Å²) >= 11 is 0. The lowest BCUT2D eigenvalue weighted by atomic mass is 10.1. The molecule has 0 aromatic heterocycles. The third-order valence-corrected chi connectivity index (χ3v) is 2.08. The summed E-state index contributed by atoms with van der Waals surface area (Å²) in [6, 6.07) is 7.42. The number of primary amides is 2. The quantitative estimate of drug-likeness (QED) is 0.550. The number of amides is 3. The van der Waals surface area contributed by atoms with E-state index in [1.165, 1.54) is 0 Å². The highest BCUT2D eigenvalue weighted by Crippen LogP contribution is 1.99. The number of carbonyl (C=O) groups is 3. The number of nitrogens with one attached hydrogen (secondary N) is 1. The predicted octanol–water partition coefficient (Wildman–Crippen LogP) is -1.32. The van der Waals surface area contributed by atoms with Crippen molar-refractivity contribution in [1.82, 2.24) is 5.32 Å². The Hall–Kier alpha value is -2.37. The van der Waals surface area contributed by atoms with Crippen LogP contribution >= 0.6 is 0 Å². The Bertz CT molecular complexity index is 417. The number of hydrogen-bond acceptors (Lipinski definition) is 3. The van der Waals surface area contributed by atoms with Gasteiger partial charge in [-0.15, -0.1) is 0 Å². The van der Waals surface area contributed by atoms with Crippen LogP contribution in [0.25, 0.3) is 0 Å². The second-order valence-corrected chi connectivity index (χ2v) is 3.47. The van der Waals surface area contributed by atoms with Gasteiger partial charge in [0.2, 0.25) is 17.7 Å². The maximum absolute atomic E-state index is 11.5. The Morgan fingerprint density at radius 3 is 2.06 bits per heavy atom. The Kier molecular flexibility index (Phi) is 4.21. The third kappa shape index (κ3) is 3.94. The Labute approximate surface area is 98.0 Å². The molecule has 0 aliphatic rings. The highest BCUT2D eigenvalue weighted by molar-refractivity contribution is 6.05. The summed E-state index contributed by atoms with van der Waals surface area (Å²) < 4.78 is 0. The van der Waals surface area contributed by atoms with E-state index in [0.29, 0.717) is 0 Å². The van der Waals surface area contributed by atoms with Crippen molar-refractivity contribution in [2.75, 3.05) is 0 Å². The van der Waals surface area contributed by atoms with Crippen molar-refractivity contribution >= 4 is 17.7 Å². The van der Waals surface area contributed by atoms with Crippen LogP contribution in [0.5, 0.6) is 0 Å². The van der Waals surface area contributed by atoms with Gasteiger partial charge < -0.3 is 16.8 Å². The summed E-state index contributed by atoms with van der Waals surface area (Å²) in [6.07, 6.45) is 0.0535.